The van der Waals surface area contributed by atoms with Gasteiger partial charge in [-0.05, 0) is 43.2 Å². The molecule has 0 fully saturated rings. The van der Waals surface area contributed by atoms with Crippen LogP contribution in [0.3, 0.4) is 0 Å². The molecule has 0 aromatic heterocycles. The van der Waals surface area contributed by atoms with Crippen LogP contribution in [-0.4, -0.2) is 6.04 Å². The van der Waals surface area contributed by atoms with Crippen LogP contribution in [0.15, 0.2) is 36.4 Å². The maximum atomic E-state index is 14.1. The van der Waals surface area contributed by atoms with Gasteiger partial charge in [0.05, 0.1) is 0 Å². The number of hydrogen-bond acceptors (Lipinski definition) is 2. The van der Waals surface area contributed by atoms with Crippen LogP contribution in [0.2, 0.25) is 0 Å². The summed E-state index contributed by atoms with van der Waals surface area (Å²) in [5, 5.41) is 3.27. The minimum atomic E-state index is -0.335. The van der Waals surface area contributed by atoms with E-state index >= 15 is 0 Å². The van der Waals surface area contributed by atoms with Gasteiger partial charge < -0.3 is 10.1 Å². The van der Waals surface area contributed by atoms with Gasteiger partial charge in [-0.2, -0.15) is 0 Å². The highest BCUT2D eigenvalue weighted by atomic mass is 19.1. The Balaban J connectivity index is 2.13. The largest absolute Gasteiger partial charge is 0.454 e. The Hall–Kier alpha value is -1.87. The van der Waals surface area contributed by atoms with Gasteiger partial charge >= 0.3 is 0 Å². The molecule has 2 aromatic carbocycles. The van der Waals surface area contributed by atoms with E-state index in [0.29, 0.717) is 18.3 Å². The first-order valence-corrected chi connectivity index (χ1v) is 7.22. The molecule has 21 heavy (non-hydrogen) atoms. The zero-order valence-corrected chi connectivity index (χ0v) is 13.0. The molecule has 3 heteroatoms. The predicted molar refractivity (Wildman–Crippen MR) is 84.4 cm³/mol. The van der Waals surface area contributed by atoms with E-state index in [1.165, 1.54) is 6.07 Å². The molecule has 2 nitrogen and oxygen atoms in total. The first-order valence-electron chi connectivity index (χ1n) is 7.22. The van der Waals surface area contributed by atoms with Crippen LogP contribution in [0.5, 0.6) is 11.5 Å². The van der Waals surface area contributed by atoms with E-state index in [-0.39, 0.29) is 11.6 Å². The molecule has 0 aliphatic heterocycles. The lowest BCUT2D eigenvalue weighted by molar-refractivity contribution is 0.438. The topological polar surface area (TPSA) is 21.3 Å². The third-order valence-corrected chi connectivity index (χ3v) is 3.26. The van der Waals surface area contributed by atoms with E-state index < -0.39 is 0 Å². The summed E-state index contributed by atoms with van der Waals surface area (Å²) in [7, 11) is 0. The molecule has 0 heterocycles. The Morgan fingerprint density at radius 1 is 1.05 bits per heavy atom. The van der Waals surface area contributed by atoms with E-state index in [4.69, 9.17) is 4.74 Å². The van der Waals surface area contributed by atoms with Crippen LogP contribution in [-0.2, 0) is 6.54 Å². The molecular formula is C18H22FNO. The maximum Gasteiger partial charge on any atom is 0.166 e. The fraction of sp³-hybridized carbons (Fsp3) is 0.333. The zero-order valence-electron chi connectivity index (χ0n) is 13.0. The van der Waals surface area contributed by atoms with Crippen molar-refractivity contribution in [2.24, 2.45) is 0 Å². The number of ether oxygens (including phenoxy) is 1. The Kier molecular flexibility index (Phi) is 4.97. The molecule has 112 valence electrons. The van der Waals surface area contributed by atoms with Gasteiger partial charge in [-0.3, -0.25) is 0 Å². The van der Waals surface area contributed by atoms with Crippen molar-refractivity contribution < 1.29 is 9.13 Å². The van der Waals surface area contributed by atoms with E-state index in [9.17, 15) is 4.39 Å². The van der Waals surface area contributed by atoms with Gasteiger partial charge in [-0.15, -0.1) is 0 Å². The lowest BCUT2D eigenvalue weighted by Crippen LogP contribution is -2.21. The van der Waals surface area contributed by atoms with Crippen LogP contribution in [0.25, 0.3) is 0 Å². The minimum Gasteiger partial charge on any atom is -0.454 e. The maximum absolute atomic E-state index is 14.1. The average molecular weight is 287 g/mol. The first kappa shape index (κ1) is 15.5. The lowest BCUT2D eigenvalue weighted by Gasteiger charge is -2.12. The lowest BCUT2D eigenvalue weighted by atomic mass is 10.1. The quantitative estimate of drug-likeness (QED) is 0.858. The molecule has 0 radical (unpaired) electrons. The van der Waals surface area contributed by atoms with Crippen LogP contribution >= 0.6 is 0 Å². The van der Waals surface area contributed by atoms with Gasteiger partial charge in [0, 0.05) is 12.6 Å². The monoisotopic (exact) mass is 287 g/mol. The highest BCUT2D eigenvalue weighted by molar-refractivity contribution is 5.40. The van der Waals surface area contributed by atoms with Crippen LogP contribution in [0, 0.1) is 19.7 Å². The molecule has 1 N–H and O–H groups in total. The van der Waals surface area contributed by atoms with E-state index in [1.807, 2.05) is 38.1 Å². The third-order valence-electron chi connectivity index (χ3n) is 3.26. The van der Waals surface area contributed by atoms with Crippen molar-refractivity contribution in [3.63, 3.8) is 0 Å². The molecular weight excluding hydrogens is 265 g/mol. The van der Waals surface area contributed by atoms with Gasteiger partial charge in [0.1, 0.15) is 5.75 Å². The third kappa shape index (κ3) is 4.30. The van der Waals surface area contributed by atoms with Gasteiger partial charge in [-0.25, -0.2) is 4.39 Å². The summed E-state index contributed by atoms with van der Waals surface area (Å²) in [6.07, 6.45) is 0. The van der Waals surface area contributed by atoms with Crippen LogP contribution in [0.4, 0.5) is 4.39 Å². The summed E-state index contributed by atoms with van der Waals surface area (Å²) in [5.74, 6) is 0.612. The normalized spacial score (nSPS) is 11.0. The Bertz CT molecular complexity index is 623. The predicted octanol–water partition coefficient (Wildman–Crippen LogP) is 4.73. The highest BCUT2D eigenvalue weighted by Crippen LogP contribution is 2.28. The Labute approximate surface area is 126 Å². The molecule has 2 rings (SSSR count). The second-order valence-corrected chi connectivity index (χ2v) is 5.67. The van der Waals surface area contributed by atoms with Crippen molar-refractivity contribution in [1.29, 1.82) is 0 Å². The summed E-state index contributed by atoms with van der Waals surface area (Å²) >= 11 is 0. The summed E-state index contributed by atoms with van der Waals surface area (Å²) in [5.41, 5.74) is 3.07. The van der Waals surface area contributed by atoms with Crippen molar-refractivity contribution >= 4 is 0 Å². The molecule has 0 bridgehead atoms. The molecule has 0 saturated carbocycles. The summed E-state index contributed by atoms with van der Waals surface area (Å²) in [4.78, 5) is 0. The standard InChI is InChI=1S/C18H22FNO/c1-12(2)20-11-15-6-8-18(16(19)10-15)21-17-7-5-13(3)9-14(17)4/h5-10,12,20H,11H2,1-4H3. The molecule has 0 unspecified atom stereocenters. The summed E-state index contributed by atoms with van der Waals surface area (Å²) in [6, 6.07) is 11.3. The number of aryl methyl sites for hydroxylation is 2. The smallest absolute Gasteiger partial charge is 0.166 e. The van der Waals surface area contributed by atoms with Crippen LogP contribution < -0.4 is 10.1 Å². The second kappa shape index (κ2) is 6.72. The molecule has 0 spiro atoms. The Morgan fingerprint density at radius 2 is 1.76 bits per heavy atom. The zero-order chi connectivity index (χ0) is 15.4. The Morgan fingerprint density at radius 3 is 2.38 bits per heavy atom. The molecule has 0 aliphatic carbocycles. The number of nitrogens with one attached hydrogen (secondary N) is 1. The molecule has 0 saturated heterocycles. The van der Waals surface area contributed by atoms with E-state index in [2.05, 4.69) is 19.2 Å². The summed E-state index contributed by atoms with van der Waals surface area (Å²) in [6.45, 7) is 8.76. The SMILES string of the molecule is Cc1ccc(Oc2ccc(CNC(C)C)cc2F)c(C)c1. The number of benzene rings is 2. The fourth-order valence-electron chi connectivity index (χ4n) is 2.09. The van der Waals surface area contributed by atoms with E-state index in [1.54, 1.807) is 6.07 Å². The van der Waals surface area contributed by atoms with Crippen molar-refractivity contribution in [3.05, 3.63) is 58.9 Å². The minimum absolute atomic E-state index is 0.259. The number of hydrogen-bond donors (Lipinski definition) is 1. The van der Waals surface area contributed by atoms with Crippen molar-refractivity contribution in [2.75, 3.05) is 0 Å². The van der Waals surface area contributed by atoms with Crippen molar-refractivity contribution in [3.8, 4) is 11.5 Å². The van der Waals surface area contributed by atoms with Gasteiger partial charge in [0.2, 0.25) is 0 Å². The molecule has 0 amide bonds. The molecule has 0 aliphatic rings. The first-order chi connectivity index (χ1) is 9.95. The average Bonchev–Trinajstić information content (AvgIpc) is 2.42. The number of halogens is 1. The van der Waals surface area contributed by atoms with Gasteiger partial charge in [-0.1, -0.05) is 37.6 Å². The highest BCUT2D eigenvalue weighted by Gasteiger charge is 2.08. The van der Waals surface area contributed by atoms with Crippen LogP contribution in [0.1, 0.15) is 30.5 Å². The number of rotatable bonds is 5. The second-order valence-electron chi connectivity index (χ2n) is 5.67. The molecule has 2 aromatic rings. The van der Waals surface area contributed by atoms with Gasteiger partial charge in [0.15, 0.2) is 11.6 Å². The van der Waals surface area contributed by atoms with Crippen molar-refractivity contribution in [2.45, 2.75) is 40.3 Å². The van der Waals surface area contributed by atoms with E-state index in [0.717, 1.165) is 16.7 Å². The summed E-state index contributed by atoms with van der Waals surface area (Å²) < 4.78 is 19.8. The fourth-order valence-corrected chi connectivity index (χ4v) is 2.09. The van der Waals surface area contributed by atoms with Gasteiger partial charge in [0.25, 0.3) is 0 Å². The molecule has 0 atom stereocenters. The van der Waals surface area contributed by atoms with Crippen molar-refractivity contribution in [1.82, 2.24) is 5.32 Å².